The lowest BCUT2D eigenvalue weighted by molar-refractivity contribution is 0.566. The van der Waals surface area contributed by atoms with Crippen molar-refractivity contribution in [2.75, 3.05) is 0 Å². The fourth-order valence-electron chi connectivity index (χ4n) is 5.82. The summed E-state index contributed by atoms with van der Waals surface area (Å²) in [7, 11) is 0. The molecule has 0 saturated heterocycles. The molecule has 0 unspecified atom stereocenters. The van der Waals surface area contributed by atoms with Crippen LogP contribution in [0, 0.1) is 0 Å². The second-order valence-electron chi connectivity index (χ2n) is 12.1. The number of aromatic nitrogens is 12. The molecule has 29 aromatic rings. The predicted octanol–water partition coefficient (Wildman–Crippen LogP) is 11.3. The monoisotopic (exact) mass is 918 g/mol. The van der Waals surface area contributed by atoms with Crippen molar-refractivity contribution in [2.45, 2.75) is 0 Å². The van der Waals surface area contributed by atoms with Gasteiger partial charge in [0.1, 0.15) is 33.5 Å². The zero-order chi connectivity index (χ0) is 41.1. The molecule has 29 rings (SSSR count). The lowest BCUT2D eigenvalue weighted by Gasteiger charge is -2.04. The van der Waals surface area contributed by atoms with Crippen molar-refractivity contribution in [3.8, 4) is 0 Å². The van der Waals surface area contributed by atoms with Crippen molar-refractivity contribution in [1.82, 2.24) is 61.2 Å². The Labute approximate surface area is 359 Å². The van der Waals surface area contributed by atoms with Gasteiger partial charge in [-0.05, 0) is 72.8 Å². The van der Waals surface area contributed by atoms with E-state index in [9.17, 15) is 0 Å². The van der Waals surface area contributed by atoms with Crippen LogP contribution in [0.4, 0.5) is 0 Å². The highest BCUT2D eigenvalue weighted by atomic mass is 35.5. The largest absolute Gasteiger partial charge is 0.421 e. The Morgan fingerprint density at radius 3 is 0.483 bits per heavy atom. The number of halogens is 6. The summed E-state index contributed by atoms with van der Waals surface area (Å²) in [5.41, 5.74) is 1.11. The van der Waals surface area contributed by atoms with Gasteiger partial charge < -0.3 is 26.5 Å². The lowest BCUT2D eigenvalue weighted by atomic mass is 10.1. The zero-order valence-electron chi connectivity index (χ0n) is 29.0. The molecule has 0 atom stereocenters. The van der Waals surface area contributed by atoms with E-state index in [1.807, 2.05) is 0 Å². The Balaban J connectivity index is 1.17. The van der Waals surface area contributed by atoms with Crippen molar-refractivity contribution in [3.05, 3.63) is 103 Å². The maximum absolute atomic E-state index is 6.72. The van der Waals surface area contributed by atoms with E-state index in [-0.39, 0.29) is 98.7 Å². The summed E-state index contributed by atoms with van der Waals surface area (Å²) in [6, 6.07) is 19.3. The Morgan fingerprint density at radius 1 is 0.217 bits per heavy atom. The number of benzene rings is 6. The lowest BCUT2D eigenvalue weighted by Crippen LogP contribution is -1.91. The van der Waals surface area contributed by atoms with E-state index >= 15 is 0 Å². The van der Waals surface area contributed by atoms with Crippen molar-refractivity contribution < 1.29 is 26.5 Å². The van der Waals surface area contributed by atoms with Crippen LogP contribution in [-0.2, 0) is 0 Å². The van der Waals surface area contributed by atoms with Gasteiger partial charge in [-0.2, -0.15) is 0 Å². The van der Waals surface area contributed by atoms with Gasteiger partial charge in [0.2, 0.25) is 0 Å². The first kappa shape index (κ1) is 37.7. The first-order valence-corrected chi connectivity index (χ1v) is 18.9. The fraction of sp³-hybridized carbons (Fsp3) is 0. The average molecular weight is 921 g/mol. The van der Waals surface area contributed by atoms with Crippen LogP contribution in [0.25, 0.3) is 101 Å². The first-order valence-electron chi connectivity index (χ1n) is 16.7. The van der Waals surface area contributed by atoms with E-state index in [1.54, 1.807) is 72.8 Å². The molecule has 0 N–H and O–H groups in total. The second-order valence-corrected chi connectivity index (χ2v) is 14.3. The van der Waals surface area contributed by atoms with E-state index in [2.05, 4.69) is 61.2 Å². The number of hydrogen-bond acceptors (Lipinski definition) is 18. The van der Waals surface area contributed by atoms with E-state index in [4.69, 9.17) is 96.1 Å². The molecule has 23 aromatic heterocycles. The van der Waals surface area contributed by atoms with E-state index in [1.165, 1.54) is 0 Å². The summed E-state index contributed by atoms with van der Waals surface area (Å²) in [5, 5.41) is 51.7. The van der Waals surface area contributed by atoms with Crippen LogP contribution in [0.5, 0.6) is 0 Å². The molecule has 0 spiro atoms. The van der Waals surface area contributed by atoms with Crippen molar-refractivity contribution in [1.29, 1.82) is 0 Å². The molecular formula is C36H12Cl6N12O6. The summed E-state index contributed by atoms with van der Waals surface area (Å²) in [6.45, 7) is 0. The average Bonchev–Trinajstić information content (AvgIpc) is 3.25. The minimum absolute atomic E-state index is 0.184. The van der Waals surface area contributed by atoms with Crippen LogP contribution in [0.3, 0.4) is 0 Å². The highest BCUT2D eigenvalue weighted by Gasteiger charge is 2.14. The van der Waals surface area contributed by atoms with E-state index in [0.717, 1.165) is 0 Å². The van der Waals surface area contributed by atoms with Crippen molar-refractivity contribution in [2.24, 2.45) is 0 Å². The third-order valence-corrected chi connectivity index (χ3v) is 10.9. The standard InChI is InChI=1S/C36H12Cl6N12O6/c37-25-13-1-7-19-26(38)14(13)2-8-20(25)56-32-45-49-34(50-46-32)58-22-10-4-18-17(28(22)40)6-12-24(30(18)42)60-36-53-51-35(52-54-36)59-23-11-5-15-16(29(23)41)3-9-21(27(15)39)57-33-47-43-31(55-19)44-48-33/h1-12H. The molecule has 0 saturated carbocycles. The van der Waals surface area contributed by atoms with Gasteiger partial charge in [-0.15, -0.1) is 0 Å². The molecule has 0 aliphatic heterocycles. The smallest absolute Gasteiger partial charge is 0.360 e. The Bertz CT molecular complexity index is 3060. The maximum Gasteiger partial charge on any atom is 0.360 e. The van der Waals surface area contributed by atoms with Gasteiger partial charge in [-0.1, -0.05) is 131 Å². The molecule has 294 valence electrons. The highest BCUT2D eigenvalue weighted by molar-refractivity contribution is 6.44. The van der Waals surface area contributed by atoms with Crippen molar-refractivity contribution in [3.63, 3.8) is 0 Å². The van der Waals surface area contributed by atoms with Crippen molar-refractivity contribution >= 4 is 170 Å². The summed E-state index contributed by atoms with van der Waals surface area (Å²) in [6.07, 6.45) is 0. The highest BCUT2D eigenvalue weighted by Crippen LogP contribution is 2.37. The Kier molecular flexibility index (Phi) is 9.58. The molecule has 18 bridgehead atoms. The second kappa shape index (κ2) is 15.2. The van der Waals surface area contributed by atoms with Gasteiger partial charge in [-0.25, -0.2) is 0 Å². The molecule has 0 aliphatic carbocycles. The SMILES string of the molecule is Clc1c2ccc3c(Cl)c(ccc13)oc1nnc(nn1)oc1ccc3c(Cl)c(ccc3c1Cl)oc1nnc(nn1)oc1ccc3c(Cl)c(ccc3c1Cl)oc1nnc(nn1)o2. The fourth-order valence-corrected chi connectivity index (χ4v) is 7.42. The molecule has 0 radical (unpaired) electrons. The van der Waals surface area contributed by atoms with Crippen LogP contribution in [-0.4, -0.2) is 61.2 Å². The third kappa shape index (κ3) is 6.93. The molecule has 24 heteroatoms. The molecular weight excluding hydrogens is 909 g/mol. The molecule has 6 aromatic carbocycles. The quantitative estimate of drug-likeness (QED) is 0.137. The van der Waals surface area contributed by atoms with Crippen LogP contribution in [0.1, 0.15) is 0 Å². The Hall–Kier alpha value is -6.54. The van der Waals surface area contributed by atoms with Gasteiger partial charge in [0.25, 0.3) is 0 Å². The minimum Gasteiger partial charge on any atom is -0.421 e. The van der Waals surface area contributed by atoms with Crippen LogP contribution in [0.15, 0.2) is 99.3 Å². The molecule has 0 amide bonds. The predicted molar refractivity (Wildman–Crippen MR) is 221 cm³/mol. The van der Waals surface area contributed by atoms with Gasteiger partial charge in [0.15, 0.2) is 0 Å². The molecule has 0 aliphatic rings. The molecule has 60 heavy (non-hydrogen) atoms. The normalized spacial score (nSPS) is 11.5. The number of hydrogen-bond donors (Lipinski definition) is 0. The van der Waals surface area contributed by atoms with Gasteiger partial charge >= 0.3 is 35.1 Å². The summed E-state index contributed by atoms with van der Waals surface area (Å²) in [4.78, 5) is 0. The zero-order valence-corrected chi connectivity index (χ0v) is 33.5. The summed E-state index contributed by atoms with van der Waals surface area (Å²) < 4.78 is 34.7. The van der Waals surface area contributed by atoms with Crippen LogP contribution < -0.4 is 0 Å². The van der Waals surface area contributed by atoms with E-state index < -0.39 is 0 Å². The summed E-state index contributed by atoms with van der Waals surface area (Å²) >= 11 is 40.3. The maximum atomic E-state index is 6.72. The first-order chi connectivity index (χ1) is 29.2. The summed E-state index contributed by atoms with van der Waals surface area (Å²) in [5.74, 6) is -1.37. The third-order valence-electron chi connectivity index (χ3n) is 8.53. The Morgan fingerprint density at radius 2 is 0.350 bits per heavy atom. The number of rotatable bonds is 0. The minimum atomic E-state index is -0.228. The van der Waals surface area contributed by atoms with Crippen LogP contribution in [0.2, 0.25) is 30.1 Å². The molecule has 18 nitrogen and oxygen atoms in total. The van der Waals surface area contributed by atoms with Gasteiger partial charge in [0, 0.05) is 32.3 Å². The number of nitrogens with zero attached hydrogens (tertiary/aromatic N) is 12. The molecule has 0 fully saturated rings. The van der Waals surface area contributed by atoms with Gasteiger partial charge in [0.05, 0.1) is 30.1 Å². The van der Waals surface area contributed by atoms with E-state index in [0.29, 0.717) is 32.3 Å². The molecule has 23 heterocycles. The van der Waals surface area contributed by atoms with Gasteiger partial charge in [-0.3, -0.25) is 0 Å². The van der Waals surface area contributed by atoms with Crippen LogP contribution >= 0.6 is 69.6 Å². The topological polar surface area (TPSA) is 234 Å².